The van der Waals surface area contributed by atoms with Crippen molar-refractivity contribution >= 4 is 34.4 Å². The van der Waals surface area contributed by atoms with E-state index in [1.54, 1.807) is 17.5 Å². The van der Waals surface area contributed by atoms with Crippen LogP contribution in [0.4, 0.5) is 0 Å². The summed E-state index contributed by atoms with van der Waals surface area (Å²) >= 11 is 2.80. The molecule has 0 aliphatic rings. The van der Waals surface area contributed by atoms with Gasteiger partial charge in [0.2, 0.25) is 11.3 Å². The first-order valence-corrected chi connectivity index (χ1v) is 7.61. The Morgan fingerprint density at radius 1 is 0.900 bits per heavy atom. The van der Waals surface area contributed by atoms with E-state index < -0.39 is 0 Å². The molecule has 4 nitrogen and oxygen atoms in total. The molecule has 1 aromatic carbocycles. The predicted octanol–water partition coefficient (Wildman–Crippen LogP) is 3.88. The van der Waals surface area contributed by atoms with E-state index in [1.807, 2.05) is 18.2 Å². The number of fused-ring (bicyclic) bond motifs is 1. The van der Waals surface area contributed by atoms with Crippen LogP contribution in [0.3, 0.4) is 0 Å². The maximum Gasteiger partial charge on any atom is 0.213 e. The highest BCUT2D eigenvalue weighted by Gasteiger charge is 2.12. The average Bonchev–Trinajstić information content (AvgIpc) is 3.16. The Morgan fingerprint density at radius 3 is 2.65 bits per heavy atom. The van der Waals surface area contributed by atoms with Crippen LogP contribution in [0, 0.1) is 0 Å². The van der Waals surface area contributed by atoms with E-state index in [4.69, 9.17) is 0 Å². The normalized spacial score (nSPS) is 11.0. The highest BCUT2D eigenvalue weighted by atomic mass is 32.1. The molecule has 0 N–H and O–H groups in total. The van der Waals surface area contributed by atoms with Gasteiger partial charge >= 0.3 is 0 Å². The summed E-state index contributed by atoms with van der Waals surface area (Å²) in [4.78, 5) is 9.97. The van der Waals surface area contributed by atoms with Crippen LogP contribution in [0.2, 0.25) is 0 Å². The second kappa shape index (κ2) is 4.73. The van der Waals surface area contributed by atoms with Gasteiger partial charge in [-0.25, -0.2) is 9.97 Å². The van der Waals surface area contributed by atoms with Gasteiger partial charge in [0.25, 0.3) is 0 Å². The molecule has 0 saturated carbocycles. The molecule has 0 bridgehead atoms. The van der Waals surface area contributed by atoms with Crippen molar-refractivity contribution in [3.63, 3.8) is 0 Å². The van der Waals surface area contributed by atoms with E-state index in [9.17, 15) is 0 Å². The van der Waals surface area contributed by atoms with Gasteiger partial charge in [0, 0.05) is 5.56 Å². The van der Waals surface area contributed by atoms with Gasteiger partial charge in [-0.1, -0.05) is 30.3 Å². The second-order valence-electron chi connectivity index (χ2n) is 4.20. The molecule has 3 heterocycles. The molecule has 4 aromatic rings. The van der Waals surface area contributed by atoms with Crippen molar-refractivity contribution in [2.24, 2.45) is 0 Å². The fourth-order valence-corrected chi connectivity index (χ4v) is 3.38. The summed E-state index contributed by atoms with van der Waals surface area (Å²) in [5.74, 6) is 0. The molecular weight excluding hydrogens is 288 g/mol. The van der Waals surface area contributed by atoms with E-state index in [-0.39, 0.29) is 0 Å². The lowest BCUT2D eigenvalue weighted by Crippen LogP contribution is -1.87. The lowest BCUT2D eigenvalue weighted by Gasteiger charge is -2.03. The molecule has 20 heavy (non-hydrogen) atoms. The van der Waals surface area contributed by atoms with E-state index >= 15 is 0 Å². The van der Waals surface area contributed by atoms with Crippen molar-refractivity contribution in [1.82, 2.24) is 18.7 Å². The SMILES string of the molecule is c1ccc(-c2ccsc2-c2cnc3nsnc3n2)cc1. The number of rotatable bonds is 2. The maximum atomic E-state index is 4.55. The highest BCUT2D eigenvalue weighted by molar-refractivity contribution is 7.14. The molecular formula is C14H8N4S2. The largest absolute Gasteiger partial charge is 0.231 e. The smallest absolute Gasteiger partial charge is 0.213 e. The third-order valence-electron chi connectivity index (χ3n) is 2.97. The molecule has 96 valence electrons. The molecule has 0 saturated heterocycles. The number of aromatic nitrogens is 4. The second-order valence-corrected chi connectivity index (χ2v) is 5.64. The molecule has 0 aliphatic carbocycles. The van der Waals surface area contributed by atoms with E-state index in [1.165, 1.54) is 11.1 Å². The minimum atomic E-state index is 0.608. The number of thiophene rings is 1. The Morgan fingerprint density at radius 2 is 1.75 bits per heavy atom. The van der Waals surface area contributed by atoms with Crippen LogP contribution in [-0.2, 0) is 0 Å². The molecule has 0 unspecified atom stereocenters. The summed E-state index contributed by atoms with van der Waals surface area (Å²) in [5.41, 5.74) is 4.42. The van der Waals surface area contributed by atoms with E-state index in [0.717, 1.165) is 22.3 Å². The van der Waals surface area contributed by atoms with Gasteiger partial charge in [0.05, 0.1) is 22.8 Å². The molecule has 3 aromatic heterocycles. The first kappa shape index (κ1) is 11.6. The number of benzene rings is 1. The summed E-state index contributed by atoms with van der Waals surface area (Å²) in [5, 5.41) is 2.07. The van der Waals surface area contributed by atoms with Crippen LogP contribution in [0.5, 0.6) is 0 Å². The monoisotopic (exact) mass is 296 g/mol. The fourth-order valence-electron chi connectivity index (χ4n) is 2.06. The van der Waals surface area contributed by atoms with Crippen molar-refractivity contribution in [2.45, 2.75) is 0 Å². The molecule has 4 rings (SSSR count). The van der Waals surface area contributed by atoms with Crippen LogP contribution in [-0.4, -0.2) is 18.7 Å². The van der Waals surface area contributed by atoms with Gasteiger partial charge in [-0.05, 0) is 17.0 Å². The summed E-state index contributed by atoms with van der Waals surface area (Å²) in [6, 6.07) is 12.4. The Hall–Kier alpha value is -2.18. The molecule has 0 amide bonds. The van der Waals surface area contributed by atoms with E-state index in [0.29, 0.717) is 11.3 Å². The quantitative estimate of drug-likeness (QED) is 0.563. The standard InChI is InChI=1S/C14H8N4S2/c1-2-4-9(5-3-1)10-6-7-19-12(10)11-8-15-13-14(16-11)18-20-17-13/h1-8H. The summed E-state index contributed by atoms with van der Waals surface area (Å²) in [6.45, 7) is 0. The van der Waals surface area contributed by atoms with Crippen LogP contribution < -0.4 is 0 Å². The van der Waals surface area contributed by atoms with Gasteiger partial charge in [-0.3, -0.25) is 0 Å². The van der Waals surface area contributed by atoms with Crippen LogP contribution >= 0.6 is 23.1 Å². The zero-order chi connectivity index (χ0) is 13.4. The zero-order valence-corrected chi connectivity index (χ0v) is 11.9. The summed E-state index contributed by atoms with van der Waals surface area (Å²) in [7, 11) is 0. The minimum Gasteiger partial charge on any atom is -0.231 e. The van der Waals surface area contributed by atoms with Crippen molar-refractivity contribution < 1.29 is 0 Å². The van der Waals surface area contributed by atoms with Crippen LogP contribution in [0.25, 0.3) is 33.0 Å². The minimum absolute atomic E-state index is 0.608. The fraction of sp³-hybridized carbons (Fsp3) is 0. The first-order valence-electron chi connectivity index (χ1n) is 6.00. The lowest BCUT2D eigenvalue weighted by molar-refractivity contribution is 1.27. The van der Waals surface area contributed by atoms with Gasteiger partial charge < -0.3 is 0 Å². The molecule has 6 heteroatoms. The van der Waals surface area contributed by atoms with Crippen molar-refractivity contribution in [3.8, 4) is 21.7 Å². The number of hydrogen-bond acceptors (Lipinski definition) is 6. The van der Waals surface area contributed by atoms with Crippen molar-refractivity contribution in [1.29, 1.82) is 0 Å². The third kappa shape index (κ3) is 1.90. The molecule has 0 atom stereocenters. The summed E-state index contributed by atoms with van der Waals surface area (Å²) in [6.07, 6.45) is 1.77. The van der Waals surface area contributed by atoms with Gasteiger partial charge in [0.1, 0.15) is 5.69 Å². The van der Waals surface area contributed by atoms with E-state index in [2.05, 4.69) is 42.3 Å². The predicted molar refractivity (Wildman–Crippen MR) is 81.8 cm³/mol. The topological polar surface area (TPSA) is 51.6 Å². The zero-order valence-electron chi connectivity index (χ0n) is 10.2. The molecule has 0 radical (unpaired) electrons. The molecule has 0 fully saturated rings. The third-order valence-corrected chi connectivity index (χ3v) is 4.42. The van der Waals surface area contributed by atoms with Gasteiger partial charge in [-0.2, -0.15) is 8.75 Å². The Bertz CT molecular complexity index is 867. The molecule has 0 spiro atoms. The first-order chi connectivity index (χ1) is 9.92. The Labute approximate surface area is 123 Å². The van der Waals surface area contributed by atoms with Crippen molar-refractivity contribution in [2.75, 3.05) is 0 Å². The van der Waals surface area contributed by atoms with Gasteiger partial charge in [0.15, 0.2) is 0 Å². The lowest BCUT2D eigenvalue weighted by atomic mass is 10.1. The average molecular weight is 296 g/mol. The summed E-state index contributed by atoms with van der Waals surface area (Å²) < 4.78 is 8.24. The Balaban J connectivity index is 1.88. The highest BCUT2D eigenvalue weighted by Crippen LogP contribution is 2.35. The number of hydrogen-bond donors (Lipinski definition) is 0. The Kier molecular flexibility index (Phi) is 2.75. The van der Waals surface area contributed by atoms with Crippen LogP contribution in [0.1, 0.15) is 0 Å². The molecule has 0 aliphatic heterocycles. The van der Waals surface area contributed by atoms with Crippen molar-refractivity contribution in [3.05, 3.63) is 48.0 Å². The maximum absolute atomic E-state index is 4.55. The number of nitrogens with zero attached hydrogens (tertiary/aromatic N) is 4. The van der Waals surface area contributed by atoms with Gasteiger partial charge in [-0.15, -0.1) is 11.3 Å². The van der Waals surface area contributed by atoms with Crippen LogP contribution in [0.15, 0.2) is 48.0 Å².